The lowest BCUT2D eigenvalue weighted by molar-refractivity contribution is 0.320. The van der Waals surface area contributed by atoms with Gasteiger partial charge in [0.15, 0.2) is 0 Å². The van der Waals surface area contributed by atoms with Crippen molar-refractivity contribution in [3.05, 3.63) is 23.8 Å². The molecule has 0 unspecified atom stereocenters. The van der Waals surface area contributed by atoms with Crippen LogP contribution in [0.5, 0.6) is 0 Å². The van der Waals surface area contributed by atoms with Gasteiger partial charge < -0.3 is 0 Å². The zero-order valence-corrected chi connectivity index (χ0v) is 9.22. The lowest BCUT2D eigenvalue weighted by Gasteiger charge is -2.26. The van der Waals surface area contributed by atoms with Gasteiger partial charge in [0, 0.05) is 0 Å². The van der Waals surface area contributed by atoms with Gasteiger partial charge in [0.1, 0.15) is 0 Å². The van der Waals surface area contributed by atoms with Crippen LogP contribution in [0.15, 0.2) is 23.8 Å². The number of hydrogen-bond acceptors (Lipinski definition) is 0. The topological polar surface area (TPSA) is 0 Å². The highest BCUT2D eigenvalue weighted by Gasteiger charge is 2.18. The summed E-state index contributed by atoms with van der Waals surface area (Å²) in [6, 6.07) is 0. The minimum absolute atomic E-state index is 0.868. The van der Waals surface area contributed by atoms with Crippen molar-refractivity contribution in [3.8, 4) is 0 Å². The van der Waals surface area contributed by atoms with E-state index >= 15 is 0 Å². The van der Waals surface area contributed by atoms with Crippen molar-refractivity contribution in [2.45, 2.75) is 46.5 Å². The molecule has 0 atom stereocenters. The first-order chi connectivity index (χ1) is 6.24. The lowest BCUT2D eigenvalue weighted by atomic mass is 9.79. The van der Waals surface area contributed by atoms with Gasteiger partial charge in [-0.3, -0.25) is 0 Å². The smallest absolute Gasteiger partial charge is 0.0203 e. The van der Waals surface area contributed by atoms with Crippen molar-refractivity contribution in [3.63, 3.8) is 0 Å². The predicted molar refractivity (Wildman–Crippen MR) is 59.7 cm³/mol. The molecule has 0 aliphatic heterocycles. The second-order valence-corrected chi connectivity index (χ2v) is 4.39. The van der Waals surface area contributed by atoms with Gasteiger partial charge in [-0.25, -0.2) is 0 Å². The molecule has 74 valence electrons. The first kappa shape index (κ1) is 10.6. The summed E-state index contributed by atoms with van der Waals surface area (Å²) in [6.07, 6.45) is 12.2. The highest BCUT2D eigenvalue weighted by Crippen LogP contribution is 2.32. The van der Waals surface area contributed by atoms with Gasteiger partial charge in [0.05, 0.1) is 0 Å². The molecule has 0 bridgehead atoms. The SMILES string of the molecule is C/C=C\C=C(/C)C1CCC(C)CC1. The maximum atomic E-state index is 2.38. The number of rotatable bonds is 2. The first-order valence-electron chi connectivity index (χ1n) is 5.53. The van der Waals surface area contributed by atoms with E-state index in [1.807, 2.05) is 0 Å². The molecule has 1 aliphatic rings. The van der Waals surface area contributed by atoms with E-state index in [2.05, 4.69) is 39.0 Å². The Hall–Kier alpha value is -0.520. The molecule has 0 N–H and O–H groups in total. The Bertz CT molecular complexity index is 190. The van der Waals surface area contributed by atoms with Crippen molar-refractivity contribution in [2.75, 3.05) is 0 Å². The summed E-state index contributed by atoms with van der Waals surface area (Å²) in [5, 5.41) is 0. The molecule has 1 saturated carbocycles. The van der Waals surface area contributed by atoms with Gasteiger partial charge >= 0.3 is 0 Å². The molecule has 0 aromatic carbocycles. The Morgan fingerprint density at radius 2 is 1.77 bits per heavy atom. The van der Waals surface area contributed by atoms with Crippen molar-refractivity contribution < 1.29 is 0 Å². The molecule has 0 aromatic heterocycles. The predicted octanol–water partition coefficient (Wildman–Crippen LogP) is 4.34. The fourth-order valence-corrected chi connectivity index (χ4v) is 2.10. The molecule has 1 aliphatic carbocycles. The van der Waals surface area contributed by atoms with Gasteiger partial charge in [-0.2, -0.15) is 0 Å². The molecule has 1 rings (SSSR count). The van der Waals surface area contributed by atoms with E-state index in [9.17, 15) is 0 Å². The monoisotopic (exact) mass is 178 g/mol. The summed E-state index contributed by atoms with van der Waals surface area (Å²) in [6.45, 7) is 6.73. The summed E-state index contributed by atoms with van der Waals surface area (Å²) in [7, 11) is 0. The van der Waals surface area contributed by atoms with E-state index in [1.54, 1.807) is 5.57 Å². The average molecular weight is 178 g/mol. The number of hydrogen-bond donors (Lipinski definition) is 0. The zero-order valence-electron chi connectivity index (χ0n) is 9.22. The summed E-state index contributed by atoms with van der Waals surface area (Å²) in [4.78, 5) is 0. The van der Waals surface area contributed by atoms with Crippen molar-refractivity contribution in [1.82, 2.24) is 0 Å². The van der Waals surface area contributed by atoms with Crippen LogP contribution in [0.25, 0.3) is 0 Å². The van der Waals surface area contributed by atoms with Crippen LogP contribution >= 0.6 is 0 Å². The van der Waals surface area contributed by atoms with Crippen molar-refractivity contribution in [1.29, 1.82) is 0 Å². The second kappa shape index (κ2) is 5.26. The quantitative estimate of drug-likeness (QED) is 0.552. The first-order valence-corrected chi connectivity index (χ1v) is 5.53. The largest absolute Gasteiger partial charge is 0.0877 e. The van der Waals surface area contributed by atoms with E-state index in [0.29, 0.717) is 0 Å². The molecule has 0 heteroatoms. The second-order valence-electron chi connectivity index (χ2n) is 4.39. The van der Waals surface area contributed by atoms with E-state index in [0.717, 1.165) is 11.8 Å². The third-order valence-electron chi connectivity index (χ3n) is 3.21. The van der Waals surface area contributed by atoms with Crippen molar-refractivity contribution in [2.24, 2.45) is 11.8 Å². The fourth-order valence-electron chi connectivity index (χ4n) is 2.10. The normalized spacial score (nSPS) is 31.2. The zero-order chi connectivity index (χ0) is 9.68. The number of allylic oxidation sites excluding steroid dienone is 4. The Morgan fingerprint density at radius 1 is 1.15 bits per heavy atom. The summed E-state index contributed by atoms with van der Waals surface area (Å²) in [5.74, 6) is 1.83. The van der Waals surface area contributed by atoms with Crippen LogP contribution in [0, 0.1) is 11.8 Å². The minimum atomic E-state index is 0.868. The molecule has 1 fully saturated rings. The lowest BCUT2D eigenvalue weighted by Crippen LogP contribution is -2.12. The van der Waals surface area contributed by atoms with Crippen LogP contribution < -0.4 is 0 Å². The Morgan fingerprint density at radius 3 is 2.31 bits per heavy atom. The third kappa shape index (κ3) is 3.38. The van der Waals surface area contributed by atoms with Gasteiger partial charge in [0.2, 0.25) is 0 Å². The van der Waals surface area contributed by atoms with Gasteiger partial charge in [0.25, 0.3) is 0 Å². The third-order valence-corrected chi connectivity index (χ3v) is 3.21. The average Bonchev–Trinajstić information content (AvgIpc) is 2.15. The van der Waals surface area contributed by atoms with Crippen LogP contribution in [0.2, 0.25) is 0 Å². The van der Waals surface area contributed by atoms with E-state index in [1.165, 1.54) is 25.7 Å². The fraction of sp³-hybridized carbons (Fsp3) is 0.692. The van der Waals surface area contributed by atoms with Gasteiger partial charge in [-0.05, 0) is 38.5 Å². The summed E-state index contributed by atoms with van der Waals surface area (Å²) >= 11 is 0. The molecule has 0 heterocycles. The summed E-state index contributed by atoms with van der Waals surface area (Å²) < 4.78 is 0. The van der Waals surface area contributed by atoms with Crippen molar-refractivity contribution >= 4 is 0 Å². The highest BCUT2D eigenvalue weighted by atomic mass is 14.2. The van der Waals surface area contributed by atoms with Gasteiger partial charge in [-0.1, -0.05) is 43.6 Å². The Balaban J connectivity index is 2.44. The van der Waals surface area contributed by atoms with Crippen LogP contribution in [-0.2, 0) is 0 Å². The molecule has 0 aromatic rings. The Labute approximate surface area is 82.7 Å². The molecule has 0 nitrogen and oxygen atoms in total. The van der Waals surface area contributed by atoms with Crippen LogP contribution in [0.4, 0.5) is 0 Å². The molecule has 0 spiro atoms. The molecule has 13 heavy (non-hydrogen) atoms. The maximum absolute atomic E-state index is 2.38. The molecule has 0 radical (unpaired) electrons. The van der Waals surface area contributed by atoms with Crippen LogP contribution in [-0.4, -0.2) is 0 Å². The maximum Gasteiger partial charge on any atom is -0.0203 e. The molecular weight excluding hydrogens is 156 g/mol. The van der Waals surface area contributed by atoms with Crippen LogP contribution in [0.3, 0.4) is 0 Å². The summed E-state index contributed by atoms with van der Waals surface area (Å²) in [5.41, 5.74) is 1.57. The Kier molecular flexibility index (Phi) is 4.27. The molecular formula is C13H22. The van der Waals surface area contributed by atoms with Gasteiger partial charge in [-0.15, -0.1) is 0 Å². The minimum Gasteiger partial charge on any atom is -0.0877 e. The van der Waals surface area contributed by atoms with Crippen LogP contribution in [0.1, 0.15) is 46.5 Å². The van der Waals surface area contributed by atoms with E-state index in [4.69, 9.17) is 0 Å². The highest BCUT2D eigenvalue weighted by molar-refractivity contribution is 5.13. The molecule has 0 saturated heterocycles. The van der Waals surface area contributed by atoms with E-state index in [-0.39, 0.29) is 0 Å². The standard InChI is InChI=1S/C13H22/c1-4-5-6-12(3)13-9-7-11(2)8-10-13/h4-6,11,13H,7-10H2,1-3H3/b5-4-,12-6+. The molecule has 0 amide bonds. The van der Waals surface area contributed by atoms with E-state index < -0.39 is 0 Å².